The number of hydrogen-bond acceptors (Lipinski definition) is 2. The Labute approximate surface area is 92.1 Å². The van der Waals surface area contributed by atoms with E-state index in [1.54, 1.807) is 11.8 Å². The lowest BCUT2D eigenvalue weighted by Crippen LogP contribution is -2.46. The van der Waals surface area contributed by atoms with Gasteiger partial charge in [-0.15, -0.1) is 6.58 Å². The smallest absolute Gasteiger partial charge is 0.222 e. The van der Waals surface area contributed by atoms with Crippen molar-refractivity contribution >= 4 is 5.91 Å². The SMILES string of the molecule is C=C[C@@H](C)[C@H]1OC(C)(C)N(C(C)=O)[C@@H]1C. The lowest BCUT2D eigenvalue weighted by atomic mass is 9.99. The fraction of sp³-hybridized carbons (Fsp3) is 0.750. The van der Waals surface area contributed by atoms with E-state index < -0.39 is 5.72 Å². The predicted octanol–water partition coefficient (Wildman–Crippen LogP) is 2.18. The van der Waals surface area contributed by atoms with Crippen LogP contribution < -0.4 is 0 Å². The molecule has 1 heterocycles. The molecular formula is C12H21NO2. The number of ether oxygens (including phenoxy) is 1. The van der Waals surface area contributed by atoms with Crippen molar-refractivity contribution in [3.05, 3.63) is 12.7 Å². The number of rotatable bonds is 2. The molecule has 3 heteroatoms. The van der Waals surface area contributed by atoms with Crippen LogP contribution in [-0.4, -0.2) is 28.7 Å². The van der Waals surface area contributed by atoms with Crippen molar-refractivity contribution in [2.24, 2.45) is 5.92 Å². The van der Waals surface area contributed by atoms with Gasteiger partial charge in [0.25, 0.3) is 0 Å². The van der Waals surface area contributed by atoms with Crippen molar-refractivity contribution < 1.29 is 9.53 Å². The van der Waals surface area contributed by atoms with E-state index in [1.165, 1.54) is 0 Å². The molecule has 0 bridgehead atoms. The molecule has 15 heavy (non-hydrogen) atoms. The van der Waals surface area contributed by atoms with Crippen molar-refractivity contribution in [2.45, 2.75) is 52.5 Å². The molecule has 1 rings (SSSR count). The lowest BCUT2D eigenvalue weighted by Gasteiger charge is -2.31. The molecule has 0 N–H and O–H groups in total. The highest BCUT2D eigenvalue weighted by Gasteiger charge is 2.47. The summed E-state index contributed by atoms with van der Waals surface area (Å²) in [6.45, 7) is 13.3. The summed E-state index contributed by atoms with van der Waals surface area (Å²) in [7, 11) is 0. The van der Waals surface area contributed by atoms with Crippen LogP contribution in [0.4, 0.5) is 0 Å². The highest BCUT2D eigenvalue weighted by atomic mass is 16.5. The van der Waals surface area contributed by atoms with Gasteiger partial charge in [0.05, 0.1) is 12.1 Å². The van der Waals surface area contributed by atoms with Crippen LogP contribution in [0.25, 0.3) is 0 Å². The van der Waals surface area contributed by atoms with Gasteiger partial charge >= 0.3 is 0 Å². The third-order valence-electron chi connectivity index (χ3n) is 3.12. The van der Waals surface area contributed by atoms with E-state index >= 15 is 0 Å². The molecular weight excluding hydrogens is 190 g/mol. The Morgan fingerprint density at radius 2 is 2.13 bits per heavy atom. The molecule has 1 aliphatic rings. The number of carbonyl (C=O) groups excluding carboxylic acids is 1. The summed E-state index contributed by atoms with van der Waals surface area (Å²) in [5, 5.41) is 0. The standard InChI is InChI=1S/C12H21NO2/c1-7-8(2)11-9(3)13(10(4)14)12(5,6)15-11/h7-9,11H,1H2,2-6H3/t8-,9-,11-/m1/s1. The van der Waals surface area contributed by atoms with Crippen LogP contribution in [0.2, 0.25) is 0 Å². The minimum atomic E-state index is -0.507. The summed E-state index contributed by atoms with van der Waals surface area (Å²) in [6, 6.07) is 0.102. The Bertz CT molecular complexity index is 273. The van der Waals surface area contributed by atoms with Crippen LogP contribution in [0.3, 0.4) is 0 Å². The predicted molar refractivity (Wildman–Crippen MR) is 60.3 cm³/mol. The minimum absolute atomic E-state index is 0.0430. The van der Waals surface area contributed by atoms with Gasteiger partial charge in [-0.25, -0.2) is 0 Å². The first kappa shape index (κ1) is 12.2. The largest absolute Gasteiger partial charge is 0.350 e. The number of hydrogen-bond donors (Lipinski definition) is 0. The second-order valence-corrected chi connectivity index (χ2v) is 4.75. The number of carbonyl (C=O) groups is 1. The normalized spacial score (nSPS) is 31.4. The molecule has 0 unspecified atom stereocenters. The summed E-state index contributed by atoms with van der Waals surface area (Å²) in [4.78, 5) is 13.4. The number of amides is 1. The van der Waals surface area contributed by atoms with Crippen LogP contribution in [0.15, 0.2) is 12.7 Å². The van der Waals surface area contributed by atoms with Crippen molar-refractivity contribution in [1.82, 2.24) is 4.90 Å². The van der Waals surface area contributed by atoms with Crippen LogP contribution in [0.1, 0.15) is 34.6 Å². The molecule has 0 saturated carbocycles. The molecule has 1 fully saturated rings. The van der Waals surface area contributed by atoms with E-state index in [0.717, 1.165) is 0 Å². The van der Waals surface area contributed by atoms with E-state index in [1.807, 2.05) is 26.8 Å². The number of nitrogens with zero attached hydrogens (tertiary/aromatic N) is 1. The quantitative estimate of drug-likeness (QED) is 0.655. The molecule has 1 amide bonds. The van der Waals surface area contributed by atoms with Crippen LogP contribution in [0.5, 0.6) is 0 Å². The average Bonchev–Trinajstić information content (AvgIpc) is 2.35. The summed E-state index contributed by atoms with van der Waals surface area (Å²) in [6.07, 6.45) is 1.92. The molecule has 3 atom stereocenters. The monoisotopic (exact) mass is 211 g/mol. The third kappa shape index (κ3) is 2.07. The zero-order valence-corrected chi connectivity index (χ0v) is 10.3. The maximum Gasteiger partial charge on any atom is 0.222 e. The van der Waals surface area contributed by atoms with Crippen LogP contribution >= 0.6 is 0 Å². The molecule has 1 saturated heterocycles. The van der Waals surface area contributed by atoms with Gasteiger partial charge in [-0.05, 0) is 20.8 Å². The van der Waals surface area contributed by atoms with Crippen LogP contribution in [0, 0.1) is 5.92 Å². The second kappa shape index (κ2) is 3.97. The Hall–Kier alpha value is -0.830. The van der Waals surface area contributed by atoms with Gasteiger partial charge in [-0.3, -0.25) is 4.79 Å². The van der Waals surface area contributed by atoms with E-state index in [0.29, 0.717) is 0 Å². The first-order valence-corrected chi connectivity index (χ1v) is 5.41. The molecule has 0 aromatic heterocycles. The first-order valence-electron chi connectivity index (χ1n) is 5.41. The Morgan fingerprint density at radius 3 is 2.47 bits per heavy atom. The highest BCUT2D eigenvalue weighted by molar-refractivity contribution is 5.74. The molecule has 0 aromatic carbocycles. The van der Waals surface area contributed by atoms with E-state index in [2.05, 4.69) is 13.5 Å². The molecule has 0 radical (unpaired) electrons. The van der Waals surface area contributed by atoms with E-state index in [4.69, 9.17) is 4.74 Å². The summed E-state index contributed by atoms with van der Waals surface area (Å²) in [5.74, 6) is 0.315. The maximum atomic E-state index is 11.5. The Balaban J connectivity index is 2.94. The molecule has 3 nitrogen and oxygen atoms in total. The fourth-order valence-corrected chi connectivity index (χ4v) is 2.47. The van der Waals surface area contributed by atoms with Crippen molar-refractivity contribution in [1.29, 1.82) is 0 Å². The van der Waals surface area contributed by atoms with Crippen LogP contribution in [-0.2, 0) is 9.53 Å². The fourth-order valence-electron chi connectivity index (χ4n) is 2.47. The van der Waals surface area contributed by atoms with Gasteiger partial charge in [0.15, 0.2) is 0 Å². The van der Waals surface area contributed by atoms with Crippen molar-refractivity contribution in [3.8, 4) is 0 Å². The summed E-state index contributed by atoms with van der Waals surface area (Å²) in [5.41, 5.74) is -0.507. The lowest BCUT2D eigenvalue weighted by molar-refractivity contribution is -0.145. The first-order chi connectivity index (χ1) is 6.81. The summed E-state index contributed by atoms with van der Waals surface area (Å²) < 4.78 is 5.92. The molecule has 0 spiro atoms. The Kier molecular flexibility index (Phi) is 3.24. The topological polar surface area (TPSA) is 29.5 Å². The van der Waals surface area contributed by atoms with Crippen molar-refractivity contribution in [3.63, 3.8) is 0 Å². The molecule has 1 aliphatic heterocycles. The van der Waals surface area contributed by atoms with Gasteiger partial charge in [-0.2, -0.15) is 0 Å². The highest BCUT2D eigenvalue weighted by Crippen LogP contribution is 2.35. The van der Waals surface area contributed by atoms with Gasteiger partial charge < -0.3 is 9.64 Å². The maximum absolute atomic E-state index is 11.5. The average molecular weight is 211 g/mol. The van der Waals surface area contributed by atoms with Crippen molar-refractivity contribution in [2.75, 3.05) is 0 Å². The second-order valence-electron chi connectivity index (χ2n) is 4.75. The zero-order valence-electron chi connectivity index (χ0n) is 10.3. The minimum Gasteiger partial charge on any atom is -0.350 e. The zero-order chi connectivity index (χ0) is 11.8. The Morgan fingerprint density at radius 1 is 1.60 bits per heavy atom. The molecule has 86 valence electrons. The third-order valence-corrected chi connectivity index (χ3v) is 3.12. The van der Waals surface area contributed by atoms with Gasteiger partial charge in [0.2, 0.25) is 5.91 Å². The molecule has 0 aliphatic carbocycles. The summed E-state index contributed by atoms with van der Waals surface area (Å²) >= 11 is 0. The molecule has 0 aromatic rings. The van der Waals surface area contributed by atoms with Gasteiger partial charge in [0, 0.05) is 12.8 Å². The van der Waals surface area contributed by atoms with E-state index in [9.17, 15) is 4.79 Å². The van der Waals surface area contributed by atoms with E-state index in [-0.39, 0.29) is 24.0 Å². The van der Waals surface area contributed by atoms with Gasteiger partial charge in [0.1, 0.15) is 5.72 Å². The van der Waals surface area contributed by atoms with Gasteiger partial charge in [-0.1, -0.05) is 13.0 Å².